The zero-order valence-electron chi connectivity index (χ0n) is 8.92. The molecule has 0 spiro atoms. The van der Waals surface area contributed by atoms with Gasteiger partial charge in [-0.1, -0.05) is 23.2 Å². The second-order valence-electron chi connectivity index (χ2n) is 3.57. The Morgan fingerprint density at radius 1 is 1.38 bits per heavy atom. The number of carbonyl (C=O) groups is 1. The smallest absolute Gasteiger partial charge is 0.238 e. The summed E-state index contributed by atoms with van der Waals surface area (Å²) in [6.45, 7) is 0.260. The fourth-order valence-electron chi connectivity index (χ4n) is 1.13. The van der Waals surface area contributed by atoms with Crippen molar-refractivity contribution >= 4 is 34.8 Å². The number of amides is 1. The van der Waals surface area contributed by atoms with Gasteiger partial charge in [0.15, 0.2) is 5.75 Å². The van der Waals surface area contributed by atoms with Crippen molar-refractivity contribution < 1.29 is 9.90 Å². The number of carbonyl (C=O) groups excluding carboxylic acids is 1. The summed E-state index contributed by atoms with van der Waals surface area (Å²) in [6.07, 6.45) is 0. The van der Waals surface area contributed by atoms with Crippen molar-refractivity contribution in [2.75, 3.05) is 26.0 Å². The molecule has 16 heavy (non-hydrogen) atoms. The molecule has 0 aliphatic heterocycles. The van der Waals surface area contributed by atoms with Gasteiger partial charge in [0, 0.05) is 5.69 Å². The van der Waals surface area contributed by atoms with Crippen LogP contribution in [-0.4, -0.2) is 36.6 Å². The zero-order chi connectivity index (χ0) is 12.3. The molecule has 2 N–H and O–H groups in total. The maximum Gasteiger partial charge on any atom is 0.238 e. The number of nitrogens with zero attached hydrogens (tertiary/aromatic N) is 1. The molecule has 0 atom stereocenters. The monoisotopic (exact) mass is 262 g/mol. The predicted octanol–water partition coefficient (Wildman–Crippen LogP) is 2.20. The first-order valence-electron chi connectivity index (χ1n) is 4.52. The van der Waals surface area contributed by atoms with Gasteiger partial charge in [-0.05, 0) is 26.2 Å². The van der Waals surface area contributed by atoms with Crippen LogP contribution in [0.2, 0.25) is 10.0 Å². The van der Waals surface area contributed by atoms with Crippen molar-refractivity contribution in [3.63, 3.8) is 0 Å². The highest BCUT2D eigenvalue weighted by Crippen LogP contribution is 2.34. The van der Waals surface area contributed by atoms with Crippen LogP contribution >= 0.6 is 23.2 Å². The third-order valence-electron chi connectivity index (χ3n) is 1.76. The van der Waals surface area contributed by atoms with E-state index in [2.05, 4.69) is 5.32 Å². The average molecular weight is 263 g/mol. The van der Waals surface area contributed by atoms with Crippen molar-refractivity contribution in [1.82, 2.24) is 4.90 Å². The molecule has 0 aromatic heterocycles. The number of likely N-dealkylation sites (N-methyl/N-ethyl adjacent to an activating group) is 1. The molecule has 0 aliphatic rings. The zero-order valence-corrected chi connectivity index (χ0v) is 10.4. The van der Waals surface area contributed by atoms with Gasteiger partial charge in [0.25, 0.3) is 0 Å². The van der Waals surface area contributed by atoms with E-state index in [0.717, 1.165) is 0 Å². The van der Waals surface area contributed by atoms with Gasteiger partial charge in [-0.15, -0.1) is 0 Å². The lowest BCUT2D eigenvalue weighted by molar-refractivity contribution is -0.116. The minimum absolute atomic E-state index is 0.104. The first kappa shape index (κ1) is 13.1. The SMILES string of the molecule is CN(C)CC(=O)Nc1cc(Cl)c(O)c(Cl)c1. The molecular formula is C10H12Cl2N2O2. The number of phenolic OH excluding ortho intramolecular Hbond substituents is 1. The van der Waals surface area contributed by atoms with Crippen LogP contribution in [0.15, 0.2) is 12.1 Å². The van der Waals surface area contributed by atoms with Crippen molar-refractivity contribution in [3.8, 4) is 5.75 Å². The van der Waals surface area contributed by atoms with Crippen molar-refractivity contribution in [1.29, 1.82) is 0 Å². The summed E-state index contributed by atoms with van der Waals surface area (Å²) < 4.78 is 0. The summed E-state index contributed by atoms with van der Waals surface area (Å²) in [5.74, 6) is -0.364. The van der Waals surface area contributed by atoms with Gasteiger partial charge < -0.3 is 15.3 Å². The number of aromatic hydroxyl groups is 1. The second-order valence-corrected chi connectivity index (χ2v) is 4.39. The molecule has 1 aromatic carbocycles. The van der Waals surface area contributed by atoms with Crippen LogP contribution in [-0.2, 0) is 4.79 Å². The molecule has 1 rings (SSSR count). The van der Waals surface area contributed by atoms with Crippen LogP contribution in [0.5, 0.6) is 5.75 Å². The van der Waals surface area contributed by atoms with Crippen molar-refractivity contribution in [2.45, 2.75) is 0 Å². The quantitative estimate of drug-likeness (QED) is 0.822. The van der Waals surface area contributed by atoms with Gasteiger partial charge >= 0.3 is 0 Å². The lowest BCUT2D eigenvalue weighted by Crippen LogP contribution is -2.27. The third kappa shape index (κ3) is 3.56. The molecule has 0 heterocycles. The molecule has 0 unspecified atom stereocenters. The lowest BCUT2D eigenvalue weighted by atomic mass is 10.3. The van der Waals surface area contributed by atoms with Crippen LogP contribution in [0, 0.1) is 0 Å². The Balaban J connectivity index is 2.79. The summed E-state index contributed by atoms with van der Waals surface area (Å²) in [6, 6.07) is 2.88. The Kier molecular flexibility index (Phi) is 4.41. The lowest BCUT2D eigenvalue weighted by Gasteiger charge is -2.11. The fourth-order valence-corrected chi connectivity index (χ4v) is 1.61. The number of benzene rings is 1. The summed E-state index contributed by atoms with van der Waals surface area (Å²) in [5, 5.41) is 12.2. The van der Waals surface area contributed by atoms with Gasteiger partial charge in [0.2, 0.25) is 5.91 Å². The van der Waals surface area contributed by atoms with Crippen LogP contribution < -0.4 is 5.32 Å². The Hall–Kier alpha value is -0.970. The first-order valence-corrected chi connectivity index (χ1v) is 5.28. The Bertz CT molecular complexity index is 385. The highest BCUT2D eigenvalue weighted by atomic mass is 35.5. The van der Waals surface area contributed by atoms with E-state index in [1.807, 2.05) is 0 Å². The maximum atomic E-state index is 11.4. The standard InChI is InChI=1S/C10H12Cl2N2O2/c1-14(2)5-9(15)13-6-3-7(11)10(16)8(12)4-6/h3-4,16H,5H2,1-2H3,(H,13,15). The molecule has 0 saturated heterocycles. The van der Waals surface area contributed by atoms with E-state index in [1.54, 1.807) is 19.0 Å². The van der Waals surface area contributed by atoms with E-state index < -0.39 is 0 Å². The number of hydrogen-bond acceptors (Lipinski definition) is 3. The Morgan fingerprint density at radius 3 is 2.31 bits per heavy atom. The van der Waals surface area contributed by atoms with E-state index in [1.165, 1.54) is 12.1 Å². The van der Waals surface area contributed by atoms with Crippen molar-refractivity contribution in [2.24, 2.45) is 0 Å². The topological polar surface area (TPSA) is 52.6 Å². The minimum atomic E-state index is -0.186. The largest absolute Gasteiger partial charge is 0.505 e. The third-order valence-corrected chi connectivity index (χ3v) is 2.34. The number of hydrogen-bond donors (Lipinski definition) is 2. The molecule has 0 saturated carbocycles. The highest BCUT2D eigenvalue weighted by Gasteiger charge is 2.09. The average Bonchev–Trinajstić information content (AvgIpc) is 2.12. The molecule has 88 valence electrons. The van der Waals surface area contributed by atoms with Gasteiger partial charge in [0.1, 0.15) is 0 Å². The molecule has 6 heteroatoms. The van der Waals surface area contributed by atoms with Crippen LogP contribution in [0.25, 0.3) is 0 Å². The van der Waals surface area contributed by atoms with Crippen LogP contribution in [0.1, 0.15) is 0 Å². The number of rotatable bonds is 3. The summed E-state index contributed by atoms with van der Waals surface area (Å²) in [7, 11) is 3.58. The molecule has 1 aromatic rings. The minimum Gasteiger partial charge on any atom is -0.505 e. The highest BCUT2D eigenvalue weighted by molar-refractivity contribution is 6.37. The van der Waals surface area contributed by atoms with Crippen LogP contribution in [0.4, 0.5) is 5.69 Å². The fraction of sp³-hybridized carbons (Fsp3) is 0.300. The van der Waals surface area contributed by atoms with Gasteiger partial charge in [0.05, 0.1) is 16.6 Å². The van der Waals surface area contributed by atoms with E-state index in [-0.39, 0.29) is 28.2 Å². The Labute approximate surface area is 104 Å². The summed E-state index contributed by atoms with van der Waals surface area (Å²) in [5.41, 5.74) is 0.458. The normalized spacial score (nSPS) is 10.6. The molecule has 0 radical (unpaired) electrons. The molecule has 0 fully saturated rings. The number of halogens is 2. The second kappa shape index (κ2) is 5.39. The number of nitrogens with one attached hydrogen (secondary N) is 1. The van der Waals surface area contributed by atoms with E-state index in [0.29, 0.717) is 5.69 Å². The first-order chi connectivity index (χ1) is 7.40. The van der Waals surface area contributed by atoms with Gasteiger partial charge in [-0.3, -0.25) is 4.79 Å². The summed E-state index contributed by atoms with van der Waals surface area (Å²) >= 11 is 11.4. The van der Waals surface area contributed by atoms with Gasteiger partial charge in [-0.25, -0.2) is 0 Å². The maximum absolute atomic E-state index is 11.4. The molecule has 4 nitrogen and oxygen atoms in total. The van der Waals surface area contributed by atoms with Gasteiger partial charge in [-0.2, -0.15) is 0 Å². The number of anilines is 1. The molecule has 0 bridgehead atoms. The van der Waals surface area contributed by atoms with E-state index in [4.69, 9.17) is 23.2 Å². The van der Waals surface area contributed by atoms with Crippen LogP contribution in [0.3, 0.4) is 0 Å². The number of phenols is 1. The van der Waals surface area contributed by atoms with E-state index >= 15 is 0 Å². The summed E-state index contributed by atoms with van der Waals surface area (Å²) in [4.78, 5) is 13.2. The predicted molar refractivity (Wildman–Crippen MR) is 65.3 cm³/mol. The Morgan fingerprint density at radius 2 is 1.88 bits per heavy atom. The van der Waals surface area contributed by atoms with Crippen molar-refractivity contribution in [3.05, 3.63) is 22.2 Å². The van der Waals surface area contributed by atoms with E-state index in [9.17, 15) is 9.90 Å². The molecular weight excluding hydrogens is 251 g/mol. The molecule has 0 aliphatic carbocycles. The molecule has 1 amide bonds.